The first-order chi connectivity index (χ1) is 9.53. The van der Waals surface area contributed by atoms with Crippen LogP contribution in [0, 0.1) is 0 Å². The molecule has 0 radical (unpaired) electrons. The third kappa shape index (κ3) is 7.77. The summed E-state index contributed by atoms with van der Waals surface area (Å²) in [4.78, 5) is 0. The minimum absolute atomic E-state index is 0.0478. The number of hydrogen-bond donors (Lipinski definition) is 1. The van der Waals surface area contributed by atoms with Gasteiger partial charge in [0.05, 0.1) is 6.61 Å². The summed E-state index contributed by atoms with van der Waals surface area (Å²) in [7, 11) is 1.62. The molecular weight excluding hydrogens is 287 g/mol. The van der Waals surface area contributed by atoms with E-state index in [2.05, 4.69) is 5.32 Å². The average molecular weight is 307 g/mol. The van der Waals surface area contributed by atoms with Crippen molar-refractivity contribution in [2.24, 2.45) is 0 Å². The second-order valence-electron chi connectivity index (χ2n) is 4.39. The van der Waals surface area contributed by atoms with Gasteiger partial charge in [-0.1, -0.05) is 42.1 Å². The Kier molecular flexibility index (Phi) is 8.02. The summed E-state index contributed by atoms with van der Waals surface area (Å²) in [5.74, 6) is 0.164. The first-order valence-electron chi connectivity index (χ1n) is 6.48. The molecule has 1 unspecified atom stereocenters. The van der Waals surface area contributed by atoms with Gasteiger partial charge in [0, 0.05) is 26.0 Å². The lowest BCUT2D eigenvalue weighted by atomic mass is 9.96. The van der Waals surface area contributed by atoms with Crippen molar-refractivity contribution in [2.75, 3.05) is 32.6 Å². The molecule has 0 aliphatic carbocycles. The van der Waals surface area contributed by atoms with Crippen LogP contribution in [-0.4, -0.2) is 38.1 Å². The monoisotopic (exact) mass is 307 g/mol. The first-order valence-corrected chi connectivity index (χ1v) is 7.47. The number of rotatable bonds is 9. The number of thioether (sulfide) groups is 1. The molecule has 114 valence electrons. The van der Waals surface area contributed by atoms with Crippen LogP contribution in [0.2, 0.25) is 0 Å². The lowest BCUT2D eigenvalue weighted by Gasteiger charge is -2.18. The number of hydrogen-bond acceptors (Lipinski definition) is 3. The Labute approximate surface area is 122 Å². The largest absolute Gasteiger partial charge is 0.441 e. The zero-order valence-corrected chi connectivity index (χ0v) is 12.3. The summed E-state index contributed by atoms with van der Waals surface area (Å²) in [5.41, 5.74) is -3.08. The zero-order chi connectivity index (χ0) is 14.8. The molecule has 0 fully saturated rings. The molecule has 1 aromatic carbocycles. The maximum Gasteiger partial charge on any atom is 0.441 e. The summed E-state index contributed by atoms with van der Waals surface area (Å²) >= 11 is 0.0478. The maximum absolute atomic E-state index is 12.2. The van der Waals surface area contributed by atoms with Gasteiger partial charge in [-0.2, -0.15) is 13.2 Å². The number of halogens is 3. The first kappa shape index (κ1) is 17.3. The van der Waals surface area contributed by atoms with E-state index in [0.717, 1.165) is 5.56 Å². The van der Waals surface area contributed by atoms with Crippen LogP contribution >= 0.6 is 11.8 Å². The molecule has 0 saturated heterocycles. The van der Waals surface area contributed by atoms with Gasteiger partial charge in [-0.15, -0.1) is 0 Å². The summed E-state index contributed by atoms with van der Waals surface area (Å²) < 4.78 is 41.5. The number of ether oxygens (including phenoxy) is 1. The van der Waals surface area contributed by atoms with Gasteiger partial charge in [-0.25, -0.2) is 0 Å². The standard InChI is InChI=1S/C14H20F3NOS/c1-19-9-8-18-11-13(7-10-20-14(15,16)17)12-5-3-2-4-6-12/h2-6,13,18H,7-11H2,1H3. The second kappa shape index (κ2) is 9.26. The quantitative estimate of drug-likeness (QED) is 0.704. The van der Waals surface area contributed by atoms with E-state index in [1.54, 1.807) is 7.11 Å². The fourth-order valence-electron chi connectivity index (χ4n) is 1.88. The van der Waals surface area contributed by atoms with E-state index in [-0.39, 0.29) is 23.4 Å². The molecule has 0 aliphatic rings. The Morgan fingerprint density at radius 1 is 1.25 bits per heavy atom. The highest BCUT2D eigenvalue weighted by Gasteiger charge is 2.28. The Bertz CT molecular complexity index is 359. The van der Waals surface area contributed by atoms with Crippen LogP contribution < -0.4 is 5.32 Å². The molecule has 0 aliphatic heterocycles. The summed E-state index contributed by atoms with van der Waals surface area (Å²) in [6.45, 7) is 1.96. The Morgan fingerprint density at radius 2 is 1.95 bits per heavy atom. The predicted molar refractivity (Wildman–Crippen MR) is 77.1 cm³/mol. The smallest absolute Gasteiger partial charge is 0.383 e. The maximum atomic E-state index is 12.2. The Balaban J connectivity index is 2.47. The van der Waals surface area contributed by atoms with Crippen molar-refractivity contribution >= 4 is 11.8 Å². The summed E-state index contributed by atoms with van der Waals surface area (Å²) in [6.07, 6.45) is 0.494. The molecule has 0 bridgehead atoms. The van der Waals surface area contributed by atoms with E-state index in [0.29, 0.717) is 26.1 Å². The van der Waals surface area contributed by atoms with Gasteiger partial charge in [-0.3, -0.25) is 0 Å². The molecule has 0 aromatic heterocycles. The second-order valence-corrected chi connectivity index (χ2v) is 5.55. The number of methoxy groups -OCH3 is 1. The van der Waals surface area contributed by atoms with Gasteiger partial charge in [0.25, 0.3) is 0 Å². The van der Waals surface area contributed by atoms with E-state index >= 15 is 0 Å². The van der Waals surface area contributed by atoms with Gasteiger partial charge < -0.3 is 10.1 Å². The highest BCUT2D eigenvalue weighted by atomic mass is 32.2. The highest BCUT2D eigenvalue weighted by molar-refractivity contribution is 8.00. The van der Waals surface area contributed by atoms with Crippen molar-refractivity contribution < 1.29 is 17.9 Å². The van der Waals surface area contributed by atoms with Gasteiger partial charge in [-0.05, 0) is 17.9 Å². The number of benzene rings is 1. The summed E-state index contributed by atoms with van der Waals surface area (Å²) in [6, 6.07) is 9.65. The molecular formula is C14H20F3NOS. The van der Waals surface area contributed by atoms with E-state index in [1.165, 1.54) is 0 Å². The van der Waals surface area contributed by atoms with Crippen LogP contribution in [0.4, 0.5) is 13.2 Å². The van der Waals surface area contributed by atoms with Crippen LogP contribution in [0.1, 0.15) is 17.9 Å². The summed E-state index contributed by atoms with van der Waals surface area (Å²) in [5, 5.41) is 3.22. The minimum Gasteiger partial charge on any atom is -0.383 e. The molecule has 2 nitrogen and oxygen atoms in total. The van der Waals surface area contributed by atoms with E-state index in [4.69, 9.17) is 4.74 Å². The van der Waals surface area contributed by atoms with Gasteiger partial charge in [0.15, 0.2) is 0 Å². The van der Waals surface area contributed by atoms with Crippen molar-refractivity contribution in [2.45, 2.75) is 17.8 Å². The zero-order valence-electron chi connectivity index (χ0n) is 11.5. The van der Waals surface area contributed by atoms with Crippen molar-refractivity contribution in [3.63, 3.8) is 0 Å². The normalized spacial score (nSPS) is 13.4. The van der Waals surface area contributed by atoms with E-state index < -0.39 is 5.51 Å². The molecule has 1 aromatic rings. The molecule has 6 heteroatoms. The van der Waals surface area contributed by atoms with Crippen LogP contribution in [0.15, 0.2) is 30.3 Å². The SMILES string of the molecule is COCCNCC(CCSC(F)(F)F)c1ccccc1. The van der Waals surface area contributed by atoms with Crippen LogP contribution in [-0.2, 0) is 4.74 Å². The number of nitrogens with one attached hydrogen (secondary N) is 1. The van der Waals surface area contributed by atoms with E-state index in [1.807, 2.05) is 30.3 Å². The lowest BCUT2D eigenvalue weighted by Crippen LogP contribution is -2.25. The van der Waals surface area contributed by atoms with E-state index in [9.17, 15) is 13.2 Å². The third-order valence-corrected chi connectivity index (χ3v) is 3.64. The molecule has 0 saturated carbocycles. The van der Waals surface area contributed by atoms with Crippen LogP contribution in [0.25, 0.3) is 0 Å². The molecule has 1 rings (SSSR count). The predicted octanol–water partition coefficient (Wildman–Crippen LogP) is 3.65. The lowest BCUT2D eigenvalue weighted by molar-refractivity contribution is -0.0328. The van der Waals surface area contributed by atoms with Crippen molar-refractivity contribution in [1.29, 1.82) is 0 Å². The molecule has 20 heavy (non-hydrogen) atoms. The molecule has 1 N–H and O–H groups in total. The van der Waals surface area contributed by atoms with Gasteiger partial charge in [0.1, 0.15) is 0 Å². The van der Waals surface area contributed by atoms with Gasteiger partial charge >= 0.3 is 5.51 Å². The number of alkyl halides is 3. The molecule has 0 heterocycles. The minimum atomic E-state index is -4.15. The fourth-order valence-corrected chi connectivity index (χ4v) is 2.51. The average Bonchev–Trinajstić information content (AvgIpc) is 2.41. The van der Waals surface area contributed by atoms with Gasteiger partial charge in [0.2, 0.25) is 0 Å². The van der Waals surface area contributed by atoms with Crippen molar-refractivity contribution in [3.8, 4) is 0 Å². The van der Waals surface area contributed by atoms with Crippen LogP contribution in [0.5, 0.6) is 0 Å². The highest BCUT2D eigenvalue weighted by Crippen LogP contribution is 2.32. The Hall–Kier alpha value is -0.720. The topological polar surface area (TPSA) is 21.3 Å². The molecule has 1 atom stereocenters. The Morgan fingerprint density at radius 3 is 2.55 bits per heavy atom. The molecule has 0 amide bonds. The molecule has 0 spiro atoms. The van der Waals surface area contributed by atoms with Crippen molar-refractivity contribution in [3.05, 3.63) is 35.9 Å². The van der Waals surface area contributed by atoms with Crippen LogP contribution in [0.3, 0.4) is 0 Å². The van der Waals surface area contributed by atoms with Crippen molar-refractivity contribution in [1.82, 2.24) is 5.32 Å². The third-order valence-electron chi connectivity index (χ3n) is 2.88. The fraction of sp³-hybridized carbons (Fsp3) is 0.571.